The largest absolute Gasteiger partial charge is 0.477 e. The predicted octanol–water partition coefficient (Wildman–Crippen LogP) is 0.168. The second-order valence-electron chi connectivity index (χ2n) is 2.93. The third-order valence-corrected chi connectivity index (χ3v) is 1.68. The molecule has 3 amide bonds. The molecular weight excluding hydrogens is 230 g/mol. The van der Waals surface area contributed by atoms with Crippen LogP contribution in [-0.4, -0.2) is 23.5 Å². The molecular formula is C9H9N3O5. The Hall–Kier alpha value is -2.64. The van der Waals surface area contributed by atoms with Gasteiger partial charge >= 0.3 is 11.7 Å². The van der Waals surface area contributed by atoms with E-state index in [0.29, 0.717) is 0 Å². The van der Waals surface area contributed by atoms with Crippen molar-refractivity contribution >= 4 is 17.6 Å². The van der Waals surface area contributed by atoms with Crippen LogP contribution in [0, 0.1) is 10.1 Å². The molecule has 0 atom stereocenters. The van der Waals surface area contributed by atoms with Gasteiger partial charge in [-0.15, -0.1) is 0 Å². The van der Waals surface area contributed by atoms with Crippen molar-refractivity contribution < 1.29 is 19.2 Å². The fraction of sp³-hybridized carbons (Fsp3) is 0.111. The summed E-state index contributed by atoms with van der Waals surface area (Å²) in [4.78, 5) is 31.3. The van der Waals surface area contributed by atoms with Crippen LogP contribution in [0.3, 0.4) is 0 Å². The number of nitro groups is 1. The van der Waals surface area contributed by atoms with E-state index in [2.05, 4.69) is 0 Å². The van der Waals surface area contributed by atoms with E-state index in [9.17, 15) is 19.7 Å². The Balaban J connectivity index is 2.66. The monoisotopic (exact) mass is 239 g/mol. The van der Waals surface area contributed by atoms with Gasteiger partial charge in [0.1, 0.15) is 0 Å². The van der Waals surface area contributed by atoms with Crippen molar-refractivity contribution in [2.45, 2.75) is 0 Å². The molecule has 8 nitrogen and oxygen atoms in total. The molecule has 0 heterocycles. The maximum Gasteiger partial charge on any atom is 0.318 e. The Bertz CT molecular complexity index is 460. The summed E-state index contributed by atoms with van der Waals surface area (Å²) in [5, 5.41) is 12.4. The van der Waals surface area contributed by atoms with Gasteiger partial charge in [0.2, 0.25) is 0 Å². The average Bonchev–Trinajstić information content (AvgIpc) is 2.25. The van der Waals surface area contributed by atoms with Crippen LogP contribution in [0.1, 0.15) is 0 Å². The first-order chi connectivity index (χ1) is 8.00. The van der Waals surface area contributed by atoms with Crippen LogP contribution in [0.5, 0.6) is 5.75 Å². The highest BCUT2D eigenvalue weighted by molar-refractivity contribution is 5.94. The molecule has 3 N–H and O–H groups in total. The summed E-state index contributed by atoms with van der Waals surface area (Å²) in [6.07, 6.45) is 0. The second-order valence-corrected chi connectivity index (χ2v) is 2.93. The zero-order valence-corrected chi connectivity index (χ0v) is 8.58. The number of amides is 3. The molecule has 1 aromatic carbocycles. The number of hydrogen-bond donors (Lipinski definition) is 2. The first-order valence-corrected chi connectivity index (χ1v) is 4.46. The Morgan fingerprint density at radius 1 is 1.41 bits per heavy atom. The fourth-order valence-corrected chi connectivity index (χ4v) is 1.05. The number of urea groups is 1. The molecule has 0 aliphatic rings. The van der Waals surface area contributed by atoms with Crippen molar-refractivity contribution in [3.05, 3.63) is 34.4 Å². The van der Waals surface area contributed by atoms with Crippen LogP contribution in [0.15, 0.2) is 24.3 Å². The second kappa shape index (κ2) is 5.45. The van der Waals surface area contributed by atoms with E-state index in [1.54, 1.807) is 5.32 Å². The third-order valence-electron chi connectivity index (χ3n) is 1.68. The number of primary amides is 1. The van der Waals surface area contributed by atoms with E-state index in [-0.39, 0.29) is 11.4 Å². The fourth-order valence-electron chi connectivity index (χ4n) is 1.05. The Morgan fingerprint density at radius 2 is 2.06 bits per heavy atom. The maximum atomic E-state index is 11.0. The summed E-state index contributed by atoms with van der Waals surface area (Å²) >= 11 is 0. The van der Waals surface area contributed by atoms with Crippen LogP contribution >= 0.6 is 0 Å². The minimum absolute atomic E-state index is 0.0582. The lowest BCUT2D eigenvalue weighted by atomic mass is 10.3. The lowest BCUT2D eigenvalue weighted by molar-refractivity contribution is -0.385. The number of carbonyl (C=O) groups excluding carboxylic acids is 2. The Labute approximate surface area is 95.5 Å². The molecule has 0 saturated carbocycles. The van der Waals surface area contributed by atoms with Crippen LogP contribution in [-0.2, 0) is 4.79 Å². The number of ether oxygens (including phenoxy) is 1. The molecule has 17 heavy (non-hydrogen) atoms. The number of nitro benzene ring substituents is 1. The summed E-state index contributed by atoms with van der Waals surface area (Å²) in [6, 6.07) is 4.56. The van der Waals surface area contributed by atoms with Crippen molar-refractivity contribution in [1.82, 2.24) is 5.32 Å². The van der Waals surface area contributed by atoms with E-state index >= 15 is 0 Å². The lowest BCUT2D eigenvalue weighted by Gasteiger charge is -2.05. The van der Waals surface area contributed by atoms with Gasteiger partial charge in [-0.25, -0.2) is 4.79 Å². The van der Waals surface area contributed by atoms with Crippen LogP contribution < -0.4 is 15.8 Å². The van der Waals surface area contributed by atoms with Crippen molar-refractivity contribution in [2.75, 3.05) is 6.61 Å². The Morgan fingerprint density at radius 3 is 2.65 bits per heavy atom. The van der Waals surface area contributed by atoms with Crippen molar-refractivity contribution in [2.24, 2.45) is 5.73 Å². The minimum atomic E-state index is -1.01. The molecule has 90 valence electrons. The van der Waals surface area contributed by atoms with Gasteiger partial charge in [0.25, 0.3) is 5.91 Å². The van der Waals surface area contributed by atoms with E-state index < -0.39 is 23.5 Å². The number of rotatable bonds is 4. The van der Waals surface area contributed by atoms with Gasteiger partial charge in [-0.3, -0.25) is 20.2 Å². The molecule has 8 heteroatoms. The number of hydrogen-bond acceptors (Lipinski definition) is 5. The zero-order valence-electron chi connectivity index (χ0n) is 8.58. The molecule has 1 aromatic rings. The molecule has 0 aliphatic heterocycles. The molecule has 1 rings (SSSR count). The van der Waals surface area contributed by atoms with Crippen LogP contribution in [0.25, 0.3) is 0 Å². The highest BCUT2D eigenvalue weighted by Gasteiger charge is 2.15. The molecule has 0 radical (unpaired) electrons. The number of nitrogens with zero attached hydrogens (tertiary/aromatic N) is 1. The normalized spacial score (nSPS) is 9.41. The number of carbonyl (C=O) groups is 2. The highest BCUT2D eigenvalue weighted by Crippen LogP contribution is 2.25. The van der Waals surface area contributed by atoms with Crippen molar-refractivity contribution in [1.29, 1.82) is 0 Å². The molecule has 0 unspecified atom stereocenters. The molecule has 0 aliphatic carbocycles. The summed E-state index contributed by atoms with van der Waals surface area (Å²) in [7, 11) is 0. The summed E-state index contributed by atoms with van der Waals surface area (Å²) < 4.78 is 4.90. The van der Waals surface area contributed by atoms with Gasteiger partial charge in [0.05, 0.1) is 4.92 Å². The standard InChI is InChI=1S/C9H9N3O5/c10-9(14)11-8(13)5-17-7-4-2-1-3-6(7)12(15)16/h1-4H,5H2,(H3,10,11,13,14). The molecule has 0 saturated heterocycles. The summed E-state index contributed by atoms with van der Waals surface area (Å²) in [6.45, 7) is -0.534. The van der Waals surface area contributed by atoms with Gasteiger partial charge in [-0.2, -0.15) is 0 Å². The average molecular weight is 239 g/mol. The maximum absolute atomic E-state index is 11.0. The van der Waals surface area contributed by atoms with Gasteiger partial charge in [-0.1, -0.05) is 12.1 Å². The van der Waals surface area contributed by atoms with Gasteiger partial charge in [0, 0.05) is 6.07 Å². The quantitative estimate of drug-likeness (QED) is 0.572. The van der Waals surface area contributed by atoms with Crippen molar-refractivity contribution in [3.63, 3.8) is 0 Å². The van der Waals surface area contributed by atoms with Crippen LogP contribution in [0.2, 0.25) is 0 Å². The third kappa shape index (κ3) is 3.78. The number of nitrogens with one attached hydrogen (secondary N) is 1. The van der Waals surface area contributed by atoms with E-state index in [4.69, 9.17) is 10.5 Å². The molecule has 0 aromatic heterocycles. The first kappa shape index (κ1) is 12.4. The predicted molar refractivity (Wildman–Crippen MR) is 56.3 cm³/mol. The van der Waals surface area contributed by atoms with Crippen LogP contribution in [0.4, 0.5) is 10.5 Å². The topological polar surface area (TPSA) is 125 Å². The van der Waals surface area contributed by atoms with E-state index in [1.807, 2.05) is 0 Å². The SMILES string of the molecule is NC(=O)NC(=O)COc1ccccc1[N+](=O)[O-]. The van der Waals surface area contributed by atoms with Gasteiger partial charge in [0.15, 0.2) is 12.4 Å². The number of nitrogens with two attached hydrogens (primary N) is 1. The molecule has 0 bridgehead atoms. The van der Waals surface area contributed by atoms with E-state index in [0.717, 1.165) is 0 Å². The minimum Gasteiger partial charge on any atom is -0.477 e. The number of imide groups is 1. The molecule has 0 fully saturated rings. The van der Waals surface area contributed by atoms with Gasteiger partial charge < -0.3 is 10.5 Å². The summed E-state index contributed by atoms with van der Waals surface area (Å²) in [5.74, 6) is -0.840. The highest BCUT2D eigenvalue weighted by atomic mass is 16.6. The Kier molecular flexibility index (Phi) is 3.98. The number of benzene rings is 1. The lowest BCUT2D eigenvalue weighted by Crippen LogP contribution is -2.38. The van der Waals surface area contributed by atoms with Crippen molar-refractivity contribution in [3.8, 4) is 5.75 Å². The zero-order chi connectivity index (χ0) is 12.8. The number of para-hydroxylation sites is 2. The molecule has 0 spiro atoms. The summed E-state index contributed by atoms with van der Waals surface area (Å²) in [5.41, 5.74) is 4.44. The first-order valence-electron chi connectivity index (χ1n) is 4.46. The smallest absolute Gasteiger partial charge is 0.318 e. The van der Waals surface area contributed by atoms with Gasteiger partial charge in [-0.05, 0) is 6.07 Å². The van der Waals surface area contributed by atoms with E-state index in [1.165, 1.54) is 24.3 Å².